The van der Waals surface area contributed by atoms with Crippen LogP contribution < -0.4 is 0 Å². The Morgan fingerprint density at radius 3 is 2.87 bits per heavy atom. The summed E-state index contributed by atoms with van der Waals surface area (Å²) in [6, 6.07) is 4.72. The second kappa shape index (κ2) is 6.16. The predicted molar refractivity (Wildman–Crippen MR) is 88.7 cm³/mol. The smallest absolute Gasteiger partial charge is 0.325 e. The van der Waals surface area contributed by atoms with E-state index in [0.29, 0.717) is 0 Å². The van der Waals surface area contributed by atoms with Crippen molar-refractivity contribution >= 4 is 22.4 Å². The minimum atomic E-state index is -0.310. The van der Waals surface area contributed by atoms with Crippen LogP contribution in [0.25, 0.3) is 16.5 Å². The number of hydrogen-bond donors (Lipinski definition) is 0. The van der Waals surface area contributed by atoms with Crippen molar-refractivity contribution in [2.75, 3.05) is 27.2 Å². The molecule has 122 valence electrons. The average molecular weight is 316 g/mol. The minimum Gasteiger partial charge on any atom is -0.468 e. The fraction of sp³-hybridized carbons (Fsp3) is 0.389. The Bertz CT molecular complexity index is 792. The van der Waals surface area contributed by atoms with Crippen molar-refractivity contribution in [2.24, 2.45) is 0 Å². The van der Waals surface area contributed by atoms with Gasteiger partial charge in [0, 0.05) is 35.2 Å². The van der Waals surface area contributed by atoms with Crippen molar-refractivity contribution < 1.29 is 13.9 Å². The van der Waals surface area contributed by atoms with Gasteiger partial charge in [0.1, 0.15) is 12.4 Å². The molecule has 1 aliphatic rings. The number of methoxy groups -OCH3 is 1. The van der Waals surface area contributed by atoms with E-state index in [4.69, 9.17) is 4.74 Å². The van der Waals surface area contributed by atoms with Gasteiger partial charge in [-0.25, -0.2) is 4.39 Å². The number of esters is 1. The first-order valence-electron chi connectivity index (χ1n) is 7.74. The zero-order valence-electron chi connectivity index (χ0n) is 13.7. The number of nitrogens with zero attached hydrogens (tertiary/aromatic N) is 2. The maximum Gasteiger partial charge on any atom is 0.325 e. The van der Waals surface area contributed by atoms with Crippen molar-refractivity contribution in [1.82, 2.24) is 9.47 Å². The van der Waals surface area contributed by atoms with E-state index in [-0.39, 0.29) is 18.3 Å². The molecule has 23 heavy (non-hydrogen) atoms. The molecule has 1 aromatic carbocycles. The third-order valence-electron chi connectivity index (χ3n) is 4.46. The van der Waals surface area contributed by atoms with Gasteiger partial charge in [-0.05, 0) is 44.2 Å². The van der Waals surface area contributed by atoms with E-state index >= 15 is 0 Å². The molecule has 4 nitrogen and oxygen atoms in total. The summed E-state index contributed by atoms with van der Waals surface area (Å²) in [5, 5.41) is 0.855. The molecule has 2 heterocycles. The third kappa shape index (κ3) is 2.88. The van der Waals surface area contributed by atoms with Crippen molar-refractivity contribution in [1.29, 1.82) is 0 Å². The molecule has 0 unspecified atom stereocenters. The monoisotopic (exact) mass is 316 g/mol. The van der Waals surface area contributed by atoms with Gasteiger partial charge in [-0.2, -0.15) is 0 Å². The van der Waals surface area contributed by atoms with Gasteiger partial charge in [0.15, 0.2) is 0 Å². The van der Waals surface area contributed by atoms with Gasteiger partial charge in [0.05, 0.1) is 7.11 Å². The quantitative estimate of drug-likeness (QED) is 0.817. The summed E-state index contributed by atoms with van der Waals surface area (Å²) in [7, 11) is 3.46. The maximum atomic E-state index is 13.8. The summed E-state index contributed by atoms with van der Waals surface area (Å²) in [6.45, 7) is 3.96. The molecule has 0 fully saturated rings. The number of aromatic nitrogens is 1. The van der Waals surface area contributed by atoms with Crippen molar-refractivity contribution in [3.05, 3.63) is 41.3 Å². The summed E-state index contributed by atoms with van der Waals surface area (Å²) < 4.78 is 20.5. The van der Waals surface area contributed by atoms with E-state index in [2.05, 4.69) is 18.0 Å². The summed E-state index contributed by atoms with van der Waals surface area (Å²) in [5.74, 6) is -0.575. The van der Waals surface area contributed by atoms with E-state index in [1.807, 2.05) is 11.5 Å². The first kappa shape index (κ1) is 15.7. The molecule has 0 atom stereocenters. The Morgan fingerprint density at radius 2 is 2.17 bits per heavy atom. The fourth-order valence-electron chi connectivity index (χ4n) is 3.33. The van der Waals surface area contributed by atoms with Crippen LogP contribution in [0.5, 0.6) is 0 Å². The second-order valence-electron chi connectivity index (χ2n) is 6.04. The molecule has 0 bridgehead atoms. The van der Waals surface area contributed by atoms with Crippen LogP contribution in [-0.2, 0) is 16.1 Å². The Morgan fingerprint density at radius 1 is 1.39 bits per heavy atom. The topological polar surface area (TPSA) is 34.5 Å². The maximum absolute atomic E-state index is 13.8. The lowest BCUT2D eigenvalue weighted by Crippen LogP contribution is -2.25. The van der Waals surface area contributed by atoms with Crippen LogP contribution in [0.2, 0.25) is 0 Å². The molecule has 0 N–H and O–H groups in total. The highest BCUT2D eigenvalue weighted by molar-refractivity contribution is 5.96. The van der Waals surface area contributed by atoms with Crippen LogP contribution in [-0.4, -0.2) is 42.7 Å². The van der Waals surface area contributed by atoms with E-state index in [1.54, 1.807) is 12.1 Å². The van der Waals surface area contributed by atoms with Gasteiger partial charge >= 0.3 is 5.97 Å². The van der Waals surface area contributed by atoms with Gasteiger partial charge < -0.3 is 14.2 Å². The highest BCUT2D eigenvalue weighted by atomic mass is 19.1. The van der Waals surface area contributed by atoms with Crippen LogP contribution in [0, 0.1) is 12.7 Å². The number of carbonyl (C=O) groups is 1. The zero-order valence-corrected chi connectivity index (χ0v) is 13.7. The van der Waals surface area contributed by atoms with Crippen molar-refractivity contribution in [3.8, 4) is 0 Å². The standard InChI is InChI=1S/C18H21FN2O2/c1-12-18(13-5-4-8-20(2)10-13)15-9-14(19)6-7-16(15)21(12)11-17(22)23-3/h5-7,9H,4,8,10-11H2,1-3H3. The highest BCUT2D eigenvalue weighted by Gasteiger charge is 2.21. The number of ether oxygens (including phenoxy) is 1. The van der Waals surface area contributed by atoms with E-state index < -0.39 is 0 Å². The molecule has 0 spiro atoms. The van der Waals surface area contributed by atoms with Gasteiger partial charge in [0.25, 0.3) is 0 Å². The van der Waals surface area contributed by atoms with Crippen LogP contribution in [0.1, 0.15) is 17.7 Å². The number of carbonyl (C=O) groups excluding carboxylic acids is 1. The number of benzene rings is 1. The largest absolute Gasteiger partial charge is 0.468 e. The number of hydrogen-bond acceptors (Lipinski definition) is 3. The third-order valence-corrected chi connectivity index (χ3v) is 4.46. The molecule has 1 aliphatic heterocycles. The molecule has 0 aliphatic carbocycles. The van der Waals surface area contributed by atoms with Crippen LogP contribution in [0.4, 0.5) is 4.39 Å². The molecule has 2 aromatic rings. The summed E-state index contributed by atoms with van der Waals surface area (Å²) in [5.41, 5.74) is 4.06. The van der Waals surface area contributed by atoms with E-state index in [1.165, 1.54) is 18.7 Å². The minimum absolute atomic E-state index is 0.133. The van der Waals surface area contributed by atoms with E-state index in [9.17, 15) is 9.18 Å². The van der Waals surface area contributed by atoms with Gasteiger partial charge in [-0.15, -0.1) is 0 Å². The zero-order chi connectivity index (χ0) is 16.6. The van der Waals surface area contributed by atoms with Gasteiger partial charge in [0.2, 0.25) is 0 Å². The number of fused-ring (bicyclic) bond motifs is 1. The van der Waals surface area contributed by atoms with E-state index in [0.717, 1.165) is 41.7 Å². The van der Waals surface area contributed by atoms with Gasteiger partial charge in [-0.3, -0.25) is 4.79 Å². The van der Waals surface area contributed by atoms with Crippen molar-refractivity contribution in [3.63, 3.8) is 0 Å². The summed E-state index contributed by atoms with van der Waals surface area (Å²) in [6.07, 6.45) is 3.19. The lowest BCUT2D eigenvalue weighted by Gasteiger charge is -2.23. The molecular formula is C18H21FN2O2. The first-order valence-corrected chi connectivity index (χ1v) is 7.74. The van der Waals surface area contributed by atoms with Crippen LogP contribution >= 0.6 is 0 Å². The average Bonchev–Trinajstić information content (AvgIpc) is 2.78. The van der Waals surface area contributed by atoms with Gasteiger partial charge in [-0.1, -0.05) is 6.08 Å². The Hall–Kier alpha value is -2.14. The molecule has 3 rings (SSSR count). The first-order chi connectivity index (χ1) is 11.0. The van der Waals surface area contributed by atoms with Crippen LogP contribution in [0.3, 0.4) is 0 Å². The second-order valence-corrected chi connectivity index (χ2v) is 6.04. The Balaban J connectivity index is 2.20. The fourth-order valence-corrected chi connectivity index (χ4v) is 3.33. The molecule has 0 amide bonds. The number of rotatable bonds is 3. The van der Waals surface area contributed by atoms with Crippen LogP contribution in [0.15, 0.2) is 24.3 Å². The Labute approximate surface area is 135 Å². The predicted octanol–water partition coefficient (Wildman–Crippen LogP) is 2.98. The summed E-state index contributed by atoms with van der Waals surface area (Å²) >= 11 is 0. The molecule has 5 heteroatoms. The number of halogens is 1. The summed E-state index contributed by atoms with van der Waals surface area (Å²) in [4.78, 5) is 14.0. The number of likely N-dealkylation sites (N-methyl/N-ethyl adjacent to an activating group) is 1. The molecular weight excluding hydrogens is 295 g/mol. The lowest BCUT2D eigenvalue weighted by molar-refractivity contribution is -0.141. The lowest BCUT2D eigenvalue weighted by atomic mass is 9.98. The molecule has 1 aromatic heterocycles. The normalized spacial score (nSPS) is 15.7. The Kier molecular flexibility index (Phi) is 4.22. The SMILES string of the molecule is COC(=O)Cn1c(C)c(C2=CCCN(C)C2)c2cc(F)ccc21. The highest BCUT2D eigenvalue weighted by Crippen LogP contribution is 2.33. The molecule has 0 saturated heterocycles. The van der Waals surface area contributed by atoms with Crippen molar-refractivity contribution in [2.45, 2.75) is 19.9 Å². The molecule has 0 radical (unpaired) electrons. The molecule has 0 saturated carbocycles.